The Kier molecular flexibility index (Phi) is 5.85. The molecule has 2 heterocycles. The maximum atomic E-state index is 14.3. The topological polar surface area (TPSA) is 78.0 Å². The van der Waals surface area contributed by atoms with Gasteiger partial charge in [-0.3, -0.25) is 19.1 Å². The van der Waals surface area contributed by atoms with Gasteiger partial charge in [-0.2, -0.15) is 0 Å². The number of Topliss-reactive ketones (excluding diaryl/α,β-unsaturated/α-hetero) is 1. The van der Waals surface area contributed by atoms with Crippen molar-refractivity contribution < 1.29 is 14.0 Å². The van der Waals surface area contributed by atoms with E-state index >= 15 is 0 Å². The van der Waals surface area contributed by atoms with Crippen molar-refractivity contribution in [1.82, 2.24) is 13.9 Å². The molecule has 0 aliphatic heterocycles. The van der Waals surface area contributed by atoms with Gasteiger partial charge in [0.2, 0.25) is 0 Å². The van der Waals surface area contributed by atoms with E-state index in [1.165, 1.54) is 10.7 Å². The molecule has 5 aromatic rings. The second kappa shape index (κ2) is 9.14. The highest BCUT2D eigenvalue weighted by molar-refractivity contribution is 6.48. The molecule has 3 aromatic carbocycles. The van der Waals surface area contributed by atoms with Gasteiger partial charge in [-0.05, 0) is 31.2 Å². The number of halogens is 1. The molecule has 5 rings (SSSR count). The van der Waals surface area contributed by atoms with Crippen LogP contribution >= 0.6 is 0 Å². The number of amides is 1. The lowest BCUT2D eigenvalue weighted by atomic mass is 10.1. The van der Waals surface area contributed by atoms with Crippen molar-refractivity contribution in [3.63, 3.8) is 0 Å². The van der Waals surface area contributed by atoms with Crippen LogP contribution in [0.5, 0.6) is 0 Å². The van der Waals surface area contributed by atoms with Gasteiger partial charge >= 0.3 is 0 Å². The molecule has 0 radical (unpaired) electrons. The van der Waals surface area contributed by atoms with Crippen LogP contribution < -0.4 is 10.9 Å². The predicted molar refractivity (Wildman–Crippen MR) is 136 cm³/mol. The third-order valence-electron chi connectivity index (χ3n) is 6.33. The van der Waals surface area contributed by atoms with E-state index in [9.17, 15) is 18.8 Å². The van der Waals surface area contributed by atoms with Crippen LogP contribution in [0.1, 0.15) is 21.6 Å². The number of fused-ring (bicyclic) bond motifs is 1. The van der Waals surface area contributed by atoms with Gasteiger partial charge in [0.1, 0.15) is 11.5 Å². The number of nitrogens with one attached hydrogen (secondary N) is 1. The van der Waals surface area contributed by atoms with Gasteiger partial charge in [-0.1, -0.05) is 54.6 Å². The fraction of sp³-hybridized carbons (Fsp3) is 0.107. The largest absolute Gasteiger partial charge is 0.342 e. The predicted octanol–water partition coefficient (Wildman–Crippen LogP) is 4.45. The van der Waals surface area contributed by atoms with Gasteiger partial charge < -0.3 is 9.88 Å². The van der Waals surface area contributed by atoms with Crippen LogP contribution in [-0.2, 0) is 18.4 Å². The Morgan fingerprint density at radius 1 is 0.917 bits per heavy atom. The zero-order valence-electron chi connectivity index (χ0n) is 19.7. The fourth-order valence-electron chi connectivity index (χ4n) is 4.37. The molecule has 0 unspecified atom stereocenters. The minimum Gasteiger partial charge on any atom is -0.342 e. The summed E-state index contributed by atoms with van der Waals surface area (Å²) in [7, 11) is 1.71. The van der Waals surface area contributed by atoms with Crippen LogP contribution in [-0.4, -0.2) is 25.6 Å². The van der Waals surface area contributed by atoms with E-state index in [-0.39, 0.29) is 23.6 Å². The van der Waals surface area contributed by atoms with Crippen molar-refractivity contribution in [2.24, 2.45) is 7.05 Å². The molecule has 0 bridgehead atoms. The van der Waals surface area contributed by atoms with E-state index in [0.29, 0.717) is 27.8 Å². The van der Waals surface area contributed by atoms with Crippen LogP contribution in [0.2, 0.25) is 0 Å². The molecule has 8 heteroatoms. The van der Waals surface area contributed by atoms with E-state index < -0.39 is 17.2 Å². The summed E-state index contributed by atoms with van der Waals surface area (Å²) in [5.41, 5.74) is 2.07. The third-order valence-corrected chi connectivity index (χ3v) is 6.33. The Morgan fingerprint density at radius 2 is 1.58 bits per heavy atom. The summed E-state index contributed by atoms with van der Waals surface area (Å²) in [6, 6.07) is 22.6. The van der Waals surface area contributed by atoms with Crippen LogP contribution in [0.4, 0.5) is 10.1 Å². The number of anilines is 1. The van der Waals surface area contributed by atoms with Gasteiger partial charge in [0, 0.05) is 29.7 Å². The van der Waals surface area contributed by atoms with Gasteiger partial charge in [0.15, 0.2) is 0 Å². The van der Waals surface area contributed by atoms with Crippen molar-refractivity contribution in [2.45, 2.75) is 13.5 Å². The molecule has 1 amide bonds. The second-order valence-corrected chi connectivity index (χ2v) is 8.50. The molecule has 180 valence electrons. The third kappa shape index (κ3) is 3.92. The van der Waals surface area contributed by atoms with E-state index in [2.05, 4.69) is 5.32 Å². The van der Waals surface area contributed by atoms with Crippen LogP contribution in [0.15, 0.2) is 89.9 Å². The highest BCUT2D eigenvalue weighted by atomic mass is 19.1. The summed E-state index contributed by atoms with van der Waals surface area (Å²) in [5, 5.41) is 3.10. The zero-order chi connectivity index (χ0) is 25.4. The smallest absolute Gasteiger partial charge is 0.297 e. The summed E-state index contributed by atoms with van der Waals surface area (Å²) >= 11 is 0. The number of nitrogens with zero attached hydrogens (tertiary/aromatic N) is 3. The molecule has 2 aromatic heterocycles. The Balaban J connectivity index is 1.49. The van der Waals surface area contributed by atoms with Crippen molar-refractivity contribution in [3.8, 4) is 5.69 Å². The molecule has 7 nitrogen and oxygen atoms in total. The molecule has 0 atom stereocenters. The van der Waals surface area contributed by atoms with Gasteiger partial charge in [-0.15, -0.1) is 0 Å². The molecule has 0 aliphatic carbocycles. The van der Waals surface area contributed by atoms with E-state index in [1.807, 2.05) is 30.3 Å². The van der Waals surface area contributed by atoms with Crippen LogP contribution in [0.25, 0.3) is 16.6 Å². The number of benzene rings is 3. The lowest BCUT2D eigenvalue weighted by molar-refractivity contribution is -0.112. The molecule has 0 saturated carbocycles. The van der Waals surface area contributed by atoms with Crippen molar-refractivity contribution >= 4 is 28.3 Å². The quantitative estimate of drug-likeness (QED) is 0.287. The molecule has 0 aliphatic rings. The first kappa shape index (κ1) is 23.0. The monoisotopic (exact) mass is 482 g/mol. The summed E-state index contributed by atoms with van der Waals surface area (Å²) in [4.78, 5) is 39.5. The number of para-hydroxylation sites is 2. The minimum absolute atomic E-state index is 0.0368. The highest BCUT2D eigenvalue weighted by Gasteiger charge is 2.25. The first-order chi connectivity index (χ1) is 17.4. The average molecular weight is 483 g/mol. The fourth-order valence-corrected chi connectivity index (χ4v) is 4.37. The molecule has 0 spiro atoms. The summed E-state index contributed by atoms with van der Waals surface area (Å²) in [6.45, 7) is 1.89. The Morgan fingerprint density at radius 3 is 2.33 bits per heavy atom. The van der Waals surface area contributed by atoms with E-state index in [4.69, 9.17) is 0 Å². The number of ketones is 1. The van der Waals surface area contributed by atoms with Crippen molar-refractivity contribution in [3.05, 3.63) is 118 Å². The number of hydrogen-bond donors (Lipinski definition) is 1. The Labute approximate surface area is 206 Å². The maximum absolute atomic E-state index is 14.3. The molecule has 36 heavy (non-hydrogen) atoms. The first-order valence-corrected chi connectivity index (χ1v) is 11.4. The van der Waals surface area contributed by atoms with Gasteiger partial charge in [0.25, 0.3) is 17.2 Å². The van der Waals surface area contributed by atoms with Gasteiger partial charge in [0.05, 0.1) is 23.5 Å². The van der Waals surface area contributed by atoms with E-state index in [1.54, 1.807) is 71.9 Å². The lowest BCUT2D eigenvalue weighted by Crippen LogP contribution is -2.27. The minimum atomic E-state index is -0.921. The number of aromatic nitrogens is 3. The summed E-state index contributed by atoms with van der Waals surface area (Å²) in [5.74, 6) is -2.06. The number of hydrogen-bond acceptors (Lipinski definition) is 3. The number of carbonyl (C=O) groups excluding carboxylic acids is 2. The molecular formula is C28H23FN4O3. The zero-order valence-corrected chi connectivity index (χ0v) is 19.7. The van der Waals surface area contributed by atoms with Crippen molar-refractivity contribution in [1.29, 1.82) is 0 Å². The standard InChI is InChI=1S/C28H23FN4O3/c1-18-25(28(36)33(31(18)2)20-11-4-3-5-12-20)30-27(35)26(34)22-17-32(24-15-9-7-13-21(22)24)16-19-10-6-8-14-23(19)29/h3-15,17H,16H2,1-2H3,(H,30,35). The normalized spacial score (nSPS) is 11.1. The Bertz CT molecular complexity index is 1680. The first-order valence-electron chi connectivity index (χ1n) is 11.4. The highest BCUT2D eigenvalue weighted by Crippen LogP contribution is 2.24. The summed E-state index contributed by atoms with van der Waals surface area (Å²) < 4.78 is 19.1. The van der Waals surface area contributed by atoms with Crippen molar-refractivity contribution in [2.75, 3.05) is 5.32 Å². The second-order valence-electron chi connectivity index (χ2n) is 8.50. The Hall–Kier alpha value is -4.72. The molecule has 1 N–H and O–H groups in total. The van der Waals surface area contributed by atoms with Crippen LogP contribution in [0, 0.1) is 12.7 Å². The average Bonchev–Trinajstić information content (AvgIpc) is 3.35. The van der Waals surface area contributed by atoms with E-state index in [0.717, 1.165) is 0 Å². The van der Waals surface area contributed by atoms with Gasteiger partial charge in [-0.25, -0.2) is 9.07 Å². The molecular weight excluding hydrogens is 459 g/mol. The maximum Gasteiger partial charge on any atom is 0.297 e. The molecule has 0 fully saturated rings. The number of rotatable bonds is 6. The SMILES string of the molecule is Cc1c(NC(=O)C(=O)c2cn(Cc3ccccc3F)c3ccccc23)c(=O)n(-c2ccccc2)n1C. The molecule has 0 saturated heterocycles. The summed E-state index contributed by atoms with van der Waals surface area (Å²) in [6.07, 6.45) is 1.55. The lowest BCUT2D eigenvalue weighted by Gasteiger charge is -2.07. The van der Waals surface area contributed by atoms with Crippen LogP contribution in [0.3, 0.4) is 0 Å². The number of carbonyl (C=O) groups is 2.